The summed E-state index contributed by atoms with van der Waals surface area (Å²) in [5, 5.41) is 16.5. The highest BCUT2D eigenvalue weighted by Gasteiger charge is 2.26. The summed E-state index contributed by atoms with van der Waals surface area (Å²) >= 11 is 0. The van der Waals surface area contributed by atoms with Crippen molar-refractivity contribution >= 4 is 35.8 Å². The summed E-state index contributed by atoms with van der Waals surface area (Å²) in [5.41, 5.74) is 9.91. The van der Waals surface area contributed by atoms with Crippen LogP contribution in [-0.2, 0) is 9.59 Å². The maximum absolute atomic E-state index is 13.2. The molecular formula is C35H50ClN9O4. The van der Waals surface area contributed by atoms with Gasteiger partial charge in [0.25, 0.3) is 11.8 Å². The number of Topliss-reactive ketones (excluding diaryl/α,β-unsaturated/α-hetero) is 2. The van der Waals surface area contributed by atoms with Gasteiger partial charge in [-0.3, -0.25) is 19.2 Å². The van der Waals surface area contributed by atoms with Crippen molar-refractivity contribution in [2.24, 2.45) is 5.73 Å². The van der Waals surface area contributed by atoms with Crippen molar-refractivity contribution in [1.82, 2.24) is 39.8 Å². The second-order valence-electron chi connectivity index (χ2n) is 12.0. The van der Waals surface area contributed by atoms with Crippen molar-refractivity contribution < 1.29 is 20.6 Å². The first-order valence-electron chi connectivity index (χ1n) is 16.1. The van der Waals surface area contributed by atoms with Gasteiger partial charge in [0.15, 0.2) is 0 Å². The minimum absolute atomic E-state index is 0. The Morgan fingerprint density at radius 3 is 1.41 bits per heavy atom. The molecule has 4 rings (SSSR count). The van der Waals surface area contributed by atoms with Crippen LogP contribution in [-0.4, -0.2) is 94.9 Å². The predicted octanol–water partition coefficient (Wildman–Crippen LogP) is 4.81. The molecule has 2 N–H and O–H groups in total. The van der Waals surface area contributed by atoms with Crippen LogP contribution in [0.25, 0.3) is 11.4 Å². The monoisotopic (exact) mass is 696 g/mol. The number of carbonyl (C=O) groups is 4. The van der Waals surface area contributed by atoms with Crippen LogP contribution in [0.15, 0.2) is 61.2 Å². The second kappa shape index (κ2) is 19.3. The van der Waals surface area contributed by atoms with E-state index in [9.17, 15) is 19.2 Å². The molecule has 0 bridgehead atoms. The van der Waals surface area contributed by atoms with E-state index in [-0.39, 0.29) is 49.3 Å². The molecule has 4 aromatic rings. The number of halogens is 1. The quantitative estimate of drug-likeness (QED) is 0.195. The first-order chi connectivity index (χ1) is 22.9. The van der Waals surface area contributed by atoms with Gasteiger partial charge in [-0.15, -0.1) is 12.4 Å². The van der Waals surface area contributed by atoms with Crippen molar-refractivity contribution in [3.05, 3.63) is 83.4 Å². The van der Waals surface area contributed by atoms with E-state index >= 15 is 0 Å². The lowest BCUT2D eigenvalue weighted by Crippen LogP contribution is -2.43. The predicted molar refractivity (Wildman–Crippen MR) is 192 cm³/mol. The molecule has 2 aromatic carbocycles. The molecule has 0 saturated heterocycles. The molecule has 2 aromatic heterocycles. The van der Waals surface area contributed by atoms with Crippen molar-refractivity contribution in [2.75, 3.05) is 19.6 Å². The molecule has 0 aliphatic rings. The number of hydrogen-bond donors (Lipinski definition) is 1. The molecule has 13 nitrogen and oxygen atoms in total. The number of amides is 2. The van der Waals surface area contributed by atoms with Gasteiger partial charge >= 0.3 is 0 Å². The van der Waals surface area contributed by atoms with Crippen LogP contribution in [0, 0.1) is 13.8 Å². The maximum atomic E-state index is 13.2. The topological polar surface area (TPSA) is 162 Å². The van der Waals surface area contributed by atoms with Gasteiger partial charge in [0, 0.05) is 46.0 Å². The number of aromatic nitrogens is 6. The van der Waals surface area contributed by atoms with Crippen LogP contribution >= 0.6 is 12.4 Å². The van der Waals surface area contributed by atoms with Crippen molar-refractivity contribution in [1.29, 1.82) is 0 Å². The highest BCUT2D eigenvalue weighted by atomic mass is 35.5. The van der Waals surface area contributed by atoms with E-state index in [2.05, 4.69) is 20.4 Å². The van der Waals surface area contributed by atoms with Gasteiger partial charge in [0.05, 0.1) is 47.3 Å². The zero-order chi connectivity index (χ0) is 35.4. The lowest BCUT2D eigenvalue weighted by molar-refractivity contribution is -0.118. The van der Waals surface area contributed by atoms with Gasteiger partial charge in [0.1, 0.15) is 11.6 Å². The summed E-state index contributed by atoms with van der Waals surface area (Å²) < 4.78 is 0. The zero-order valence-corrected chi connectivity index (χ0v) is 30.2. The van der Waals surface area contributed by atoms with Crippen LogP contribution < -0.4 is 5.73 Å². The Morgan fingerprint density at radius 2 is 1.08 bits per heavy atom. The standard InChI is InChI=1S/C18H24N4O2.C17H23N5O2.ClH.H2/c1-5-10-21(14(3)12-15(4)23)18(24)16-11-13(2)6-7-17(16)22-19-8-9-20-22;1-12-4-5-16(22-19-7-8-20-22)15(10-12)17(24)21(9-6-18)13(2)11-14(3)23;;/h6-9,11,14H,5,10,12H2,1-4H3;4-5,7-8,10,13H,6,9,11,18H2,1-3H3;2*1H/i;;;1+1. The molecule has 0 radical (unpaired) electrons. The minimum Gasteiger partial charge on any atom is -0.335 e. The molecule has 0 saturated carbocycles. The molecule has 2 atom stereocenters. The van der Waals surface area contributed by atoms with Gasteiger partial charge in [-0.2, -0.15) is 30.0 Å². The van der Waals surface area contributed by atoms with Crippen molar-refractivity contribution in [3.8, 4) is 11.4 Å². The highest BCUT2D eigenvalue weighted by Crippen LogP contribution is 2.21. The second-order valence-corrected chi connectivity index (χ2v) is 12.0. The number of hydrogen-bond acceptors (Lipinski definition) is 9. The first kappa shape index (κ1) is 40.4. The fraction of sp³-hybridized carbons (Fsp3) is 0.429. The van der Waals surface area contributed by atoms with Gasteiger partial charge in [-0.05, 0) is 72.2 Å². The van der Waals surface area contributed by atoms with Crippen LogP contribution in [0.3, 0.4) is 0 Å². The first-order valence-corrected chi connectivity index (χ1v) is 16.1. The third kappa shape index (κ3) is 11.1. The Hall–Kier alpha value is -4.75. The number of carbonyl (C=O) groups excluding carboxylic acids is 4. The van der Waals surface area contributed by atoms with E-state index in [1.807, 2.05) is 71.0 Å². The minimum atomic E-state index is -0.225. The third-order valence-corrected chi connectivity index (χ3v) is 7.62. The fourth-order valence-corrected chi connectivity index (χ4v) is 5.46. The summed E-state index contributed by atoms with van der Waals surface area (Å²) in [6.45, 7) is 14.0. The normalized spacial score (nSPS) is 11.8. The lowest BCUT2D eigenvalue weighted by atomic mass is 10.1. The summed E-state index contributed by atoms with van der Waals surface area (Å²) in [7, 11) is 0. The molecule has 0 spiro atoms. The van der Waals surface area contributed by atoms with E-state index in [4.69, 9.17) is 5.73 Å². The van der Waals surface area contributed by atoms with Crippen molar-refractivity contribution in [2.45, 2.75) is 79.8 Å². The van der Waals surface area contributed by atoms with Gasteiger partial charge < -0.3 is 15.5 Å². The smallest absolute Gasteiger partial charge is 0.256 e. The van der Waals surface area contributed by atoms with Gasteiger partial charge in [0.2, 0.25) is 0 Å². The van der Waals surface area contributed by atoms with Crippen LogP contribution in [0.1, 0.15) is 87.2 Å². The van der Waals surface area contributed by atoms with E-state index in [0.29, 0.717) is 55.0 Å². The molecule has 266 valence electrons. The molecule has 14 heteroatoms. The summed E-state index contributed by atoms with van der Waals surface area (Å²) in [5.74, 6) is -0.156. The van der Waals surface area contributed by atoms with E-state index < -0.39 is 0 Å². The average Bonchev–Trinajstić information content (AvgIpc) is 3.77. The third-order valence-electron chi connectivity index (χ3n) is 7.62. The fourth-order valence-electron chi connectivity index (χ4n) is 5.46. The van der Waals surface area contributed by atoms with Gasteiger partial charge in [-0.1, -0.05) is 30.2 Å². The lowest BCUT2D eigenvalue weighted by Gasteiger charge is -2.29. The number of aryl methyl sites for hydroxylation is 2. The molecule has 49 heavy (non-hydrogen) atoms. The molecular weight excluding hydrogens is 646 g/mol. The maximum Gasteiger partial charge on any atom is 0.256 e. The molecule has 0 aliphatic carbocycles. The van der Waals surface area contributed by atoms with Crippen LogP contribution in [0.4, 0.5) is 0 Å². The molecule has 2 unspecified atom stereocenters. The zero-order valence-electron chi connectivity index (χ0n) is 29.4. The Kier molecular flexibility index (Phi) is 15.9. The van der Waals surface area contributed by atoms with E-state index in [0.717, 1.165) is 17.5 Å². The number of nitrogens with two attached hydrogens (primary N) is 1. The molecule has 2 heterocycles. The van der Waals surface area contributed by atoms with Crippen molar-refractivity contribution in [3.63, 3.8) is 0 Å². The molecule has 2 amide bonds. The van der Waals surface area contributed by atoms with E-state index in [1.54, 1.807) is 41.5 Å². The molecule has 0 aliphatic heterocycles. The van der Waals surface area contributed by atoms with Crippen LogP contribution in [0.2, 0.25) is 0 Å². The summed E-state index contributed by atoms with van der Waals surface area (Å²) in [4.78, 5) is 55.5. The Bertz CT molecular complexity index is 1560. The highest BCUT2D eigenvalue weighted by molar-refractivity contribution is 5.99. The molecule has 0 fully saturated rings. The summed E-state index contributed by atoms with van der Waals surface area (Å²) in [6, 6.07) is 10.8. The Labute approximate surface area is 295 Å². The van der Waals surface area contributed by atoms with Crippen LogP contribution in [0.5, 0.6) is 0 Å². The summed E-state index contributed by atoms with van der Waals surface area (Å²) in [6.07, 6.45) is 7.76. The van der Waals surface area contributed by atoms with E-state index in [1.165, 1.54) is 16.5 Å². The number of rotatable bonds is 14. The average molecular weight is 697 g/mol. The number of ketones is 2. The number of nitrogens with zero attached hydrogens (tertiary/aromatic N) is 8. The number of benzene rings is 2. The SMILES string of the molecule is CC(=O)CC(C)N(CCN)C(=O)c1cc(C)ccc1-n1nccn1.CCCN(C(=O)c1cc(C)ccc1-n1nccn1)C(C)CC(C)=O.Cl.[2HH]. The van der Waals surface area contributed by atoms with Gasteiger partial charge in [-0.25, -0.2) is 0 Å². The largest absolute Gasteiger partial charge is 0.335 e. The Morgan fingerprint density at radius 1 is 0.714 bits per heavy atom. The Balaban J connectivity index is 0.000000481.